The van der Waals surface area contributed by atoms with Gasteiger partial charge in [-0.1, -0.05) is 6.07 Å². The Bertz CT molecular complexity index is 909. The van der Waals surface area contributed by atoms with E-state index in [0.717, 1.165) is 50.4 Å². The number of rotatable bonds is 5. The van der Waals surface area contributed by atoms with Crippen LogP contribution in [0.4, 0.5) is 5.82 Å². The molecule has 0 amide bonds. The van der Waals surface area contributed by atoms with Crippen LogP contribution in [-0.2, 0) is 4.74 Å². The second-order valence-electron chi connectivity index (χ2n) is 7.38. The highest BCUT2D eigenvalue weighted by Crippen LogP contribution is 2.39. The van der Waals surface area contributed by atoms with Crippen LogP contribution in [0.15, 0.2) is 42.9 Å². The van der Waals surface area contributed by atoms with Gasteiger partial charge in [-0.15, -0.1) is 15.3 Å². The highest BCUT2D eigenvalue weighted by Gasteiger charge is 2.48. The lowest BCUT2D eigenvalue weighted by Crippen LogP contribution is -2.65. The van der Waals surface area contributed by atoms with Gasteiger partial charge in [-0.25, -0.2) is 4.98 Å². The highest BCUT2D eigenvalue weighted by molar-refractivity contribution is 5.48. The molecule has 27 heavy (non-hydrogen) atoms. The number of pyridine rings is 1. The van der Waals surface area contributed by atoms with Crippen molar-refractivity contribution in [3.8, 4) is 5.88 Å². The van der Waals surface area contributed by atoms with Crippen molar-refractivity contribution in [1.29, 1.82) is 0 Å². The van der Waals surface area contributed by atoms with E-state index in [9.17, 15) is 0 Å². The van der Waals surface area contributed by atoms with Crippen molar-refractivity contribution in [3.63, 3.8) is 0 Å². The summed E-state index contributed by atoms with van der Waals surface area (Å²) < 4.78 is 13.6. The van der Waals surface area contributed by atoms with E-state index in [4.69, 9.17) is 9.47 Å². The molecule has 2 aliphatic heterocycles. The molecule has 8 nitrogen and oxygen atoms in total. The largest absolute Gasteiger partial charge is 0.478 e. The maximum Gasteiger partial charge on any atom is 0.213 e. The number of nitrogens with zero attached hydrogens (tertiary/aromatic N) is 6. The SMILES string of the molecule is c1ccc(OCC[C@H]2CCOC3(C2)CN(c2ccc4nncn4n2)C3)nc1. The number of hydrogen-bond donors (Lipinski definition) is 0. The van der Waals surface area contributed by atoms with E-state index in [1.807, 2.05) is 30.3 Å². The number of hydrogen-bond acceptors (Lipinski definition) is 7. The van der Waals surface area contributed by atoms with Gasteiger partial charge < -0.3 is 14.4 Å². The van der Waals surface area contributed by atoms with E-state index < -0.39 is 0 Å². The molecular formula is C19H22N6O2. The average molecular weight is 366 g/mol. The third kappa shape index (κ3) is 3.32. The standard InChI is InChI=1S/C19H22N6O2/c1-2-8-20-18(3-1)26-9-6-15-7-10-27-19(11-15)12-24(13-19)17-5-4-16-22-21-14-25(16)23-17/h1-5,8,14-15H,6-7,9-13H2/t15-/m0/s1. The predicted octanol–water partition coefficient (Wildman–Crippen LogP) is 1.97. The summed E-state index contributed by atoms with van der Waals surface area (Å²) in [7, 11) is 0. The zero-order chi connectivity index (χ0) is 18.1. The van der Waals surface area contributed by atoms with Crippen molar-refractivity contribution < 1.29 is 9.47 Å². The first-order chi connectivity index (χ1) is 13.3. The van der Waals surface area contributed by atoms with Crippen molar-refractivity contribution in [2.75, 3.05) is 31.2 Å². The maximum absolute atomic E-state index is 6.17. The van der Waals surface area contributed by atoms with Crippen LogP contribution in [0, 0.1) is 5.92 Å². The average Bonchev–Trinajstić information content (AvgIpc) is 3.15. The van der Waals surface area contributed by atoms with Gasteiger partial charge >= 0.3 is 0 Å². The van der Waals surface area contributed by atoms with Gasteiger partial charge in [0.05, 0.1) is 19.7 Å². The van der Waals surface area contributed by atoms with Crippen LogP contribution in [0.25, 0.3) is 5.65 Å². The van der Waals surface area contributed by atoms with E-state index in [1.165, 1.54) is 0 Å². The molecule has 5 rings (SSSR count). The molecule has 0 unspecified atom stereocenters. The van der Waals surface area contributed by atoms with Crippen LogP contribution in [0.2, 0.25) is 0 Å². The van der Waals surface area contributed by atoms with Gasteiger partial charge in [0, 0.05) is 18.9 Å². The summed E-state index contributed by atoms with van der Waals surface area (Å²) in [6.45, 7) is 3.28. The molecular weight excluding hydrogens is 344 g/mol. The van der Waals surface area contributed by atoms with E-state index >= 15 is 0 Å². The fourth-order valence-corrected chi connectivity index (χ4v) is 4.06. The molecule has 2 fully saturated rings. The third-order valence-electron chi connectivity index (χ3n) is 5.44. The third-order valence-corrected chi connectivity index (χ3v) is 5.44. The van der Waals surface area contributed by atoms with Crippen molar-refractivity contribution in [2.45, 2.75) is 24.9 Å². The van der Waals surface area contributed by atoms with E-state index in [2.05, 4.69) is 25.2 Å². The van der Waals surface area contributed by atoms with E-state index in [1.54, 1.807) is 17.0 Å². The molecule has 2 aliphatic rings. The molecule has 0 aromatic carbocycles. The van der Waals surface area contributed by atoms with Crippen molar-refractivity contribution in [2.24, 2.45) is 5.92 Å². The fraction of sp³-hybridized carbons (Fsp3) is 0.474. The van der Waals surface area contributed by atoms with Crippen LogP contribution in [0.1, 0.15) is 19.3 Å². The van der Waals surface area contributed by atoms with Gasteiger partial charge in [0.15, 0.2) is 5.65 Å². The molecule has 3 aromatic heterocycles. The Hall–Kier alpha value is -2.74. The minimum atomic E-state index is -0.0439. The molecule has 0 bridgehead atoms. The summed E-state index contributed by atoms with van der Waals surface area (Å²) in [6.07, 6.45) is 6.59. The molecule has 0 aliphatic carbocycles. The molecule has 0 saturated carbocycles. The van der Waals surface area contributed by atoms with Crippen molar-refractivity contribution in [3.05, 3.63) is 42.9 Å². The zero-order valence-electron chi connectivity index (χ0n) is 15.1. The molecule has 0 N–H and O–H groups in total. The molecule has 5 heterocycles. The lowest BCUT2D eigenvalue weighted by molar-refractivity contribution is -0.115. The van der Waals surface area contributed by atoms with Crippen LogP contribution in [0.3, 0.4) is 0 Å². The zero-order valence-corrected chi connectivity index (χ0v) is 15.1. The number of aromatic nitrogens is 5. The first kappa shape index (κ1) is 16.4. The summed E-state index contributed by atoms with van der Waals surface area (Å²) in [6, 6.07) is 9.68. The van der Waals surface area contributed by atoms with Crippen molar-refractivity contribution in [1.82, 2.24) is 24.8 Å². The summed E-state index contributed by atoms with van der Waals surface area (Å²) in [5, 5.41) is 12.5. The molecule has 2 saturated heterocycles. The Balaban J connectivity index is 1.15. The highest BCUT2D eigenvalue weighted by atomic mass is 16.5. The molecule has 140 valence electrons. The van der Waals surface area contributed by atoms with Gasteiger partial charge in [0.2, 0.25) is 5.88 Å². The number of anilines is 1. The van der Waals surface area contributed by atoms with Gasteiger partial charge in [-0.05, 0) is 43.4 Å². The molecule has 0 radical (unpaired) electrons. The van der Waals surface area contributed by atoms with Gasteiger partial charge in [0.25, 0.3) is 0 Å². The predicted molar refractivity (Wildman–Crippen MR) is 98.8 cm³/mol. The lowest BCUT2D eigenvalue weighted by Gasteiger charge is -2.53. The Kier molecular flexibility index (Phi) is 4.12. The molecule has 1 atom stereocenters. The Morgan fingerprint density at radius 2 is 2.19 bits per heavy atom. The second-order valence-corrected chi connectivity index (χ2v) is 7.38. The number of fused-ring (bicyclic) bond motifs is 1. The molecule has 8 heteroatoms. The van der Waals surface area contributed by atoms with E-state index in [-0.39, 0.29) is 5.60 Å². The maximum atomic E-state index is 6.17. The summed E-state index contributed by atoms with van der Waals surface area (Å²) in [4.78, 5) is 6.46. The Morgan fingerprint density at radius 3 is 3.07 bits per heavy atom. The molecule has 3 aromatic rings. The second kappa shape index (κ2) is 6.77. The quantitative estimate of drug-likeness (QED) is 0.683. The van der Waals surface area contributed by atoms with Gasteiger partial charge in [0.1, 0.15) is 17.7 Å². The smallest absolute Gasteiger partial charge is 0.213 e. The lowest BCUT2D eigenvalue weighted by atomic mass is 9.79. The summed E-state index contributed by atoms with van der Waals surface area (Å²) in [5.74, 6) is 2.26. The van der Waals surface area contributed by atoms with Crippen LogP contribution in [0.5, 0.6) is 5.88 Å². The van der Waals surface area contributed by atoms with Crippen LogP contribution in [-0.4, -0.2) is 56.7 Å². The van der Waals surface area contributed by atoms with Gasteiger partial charge in [-0.3, -0.25) is 0 Å². The fourth-order valence-electron chi connectivity index (χ4n) is 4.06. The van der Waals surface area contributed by atoms with E-state index in [0.29, 0.717) is 18.4 Å². The van der Waals surface area contributed by atoms with Crippen molar-refractivity contribution >= 4 is 11.5 Å². The minimum Gasteiger partial charge on any atom is -0.478 e. The summed E-state index contributed by atoms with van der Waals surface area (Å²) >= 11 is 0. The minimum absolute atomic E-state index is 0.0439. The molecule has 1 spiro atoms. The van der Waals surface area contributed by atoms with Gasteiger partial charge in [-0.2, -0.15) is 4.52 Å². The first-order valence-electron chi connectivity index (χ1n) is 9.40. The van der Waals surface area contributed by atoms with Crippen LogP contribution < -0.4 is 9.64 Å². The Morgan fingerprint density at radius 1 is 1.22 bits per heavy atom. The monoisotopic (exact) mass is 366 g/mol. The summed E-state index contributed by atoms with van der Waals surface area (Å²) in [5.41, 5.74) is 0.716. The van der Waals surface area contributed by atoms with Crippen LogP contribution >= 0.6 is 0 Å². The normalized spacial score (nSPS) is 21.3. The number of ether oxygens (including phenoxy) is 2. The first-order valence-corrected chi connectivity index (χ1v) is 9.40. The Labute approximate surface area is 157 Å². The topological polar surface area (TPSA) is 77.7 Å².